The second kappa shape index (κ2) is 6.87. The van der Waals surface area contributed by atoms with Crippen LogP contribution < -0.4 is 0 Å². The smallest absolute Gasteiger partial charge is 0.236 e. The highest BCUT2D eigenvalue weighted by Gasteiger charge is 2.24. The number of halogens is 1. The van der Waals surface area contributed by atoms with Crippen LogP contribution in [0.5, 0.6) is 0 Å². The maximum absolute atomic E-state index is 11.7. The molecule has 0 spiro atoms. The molecule has 0 bridgehead atoms. The molecular weight excluding hydrogens is 318 g/mol. The molecule has 0 N–H and O–H groups in total. The number of nitrogens with zero attached hydrogens (tertiary/aromatic N) is 3. The average molecular weight is 336 g/mol. The number of carbonyl (C=O) groups is 1. The fraction of sp³-hybridized carbons (Fsp3) is 0.467. The molecule has 20 heavy (non-hydrogen) atoms. The van der Waals surface area contributed by atoms with Crippen molar-refractivity contribution >= 4 is 21.8 Å². The number of nitriles is 1. The van der Waals surface area contributed by atoms with Gasteiger partial charge in [0.1, 0.15) is 6.42 Å². The lowest BCUT2D eigenvalue weighted by molar-refractivity contribution is -0.132. The van der Waals surface area contributed by atoms with Gasteiger partial charge in [0.2, 0.25) is 5.91 Å². The van der Waals surface area contributed by atoms with Gasteiger partial charge in [-0.1, -0.05) is 28.1 Å². The van der Waals surface area contributed by atoms with Crippen LogP contribution in [0.4, 0.5) is 0 Å². The molecule has 0 aliphatic carbocycles. The van der Waals surface area contributed by atoms with Crippen molar-refractivity contribution in [3.05, 3.63) is 34.3 Å². The maximum Gasteiger partial charge on any atom is 0.236 e. The van der Waals surface area contributed by atoms with Gasteiger partial charge in [-0.15, -0.1) is 0 Å². The van der Waals surface area contributed by atoms with E-state index in [4.69, 9.17) is 5.26 Å². The standard InChI is InChI=1S/C15H18BrN3O/c1-12(13-2-4-14(16)5-3-13)18-8-10-19(11-9-18)15(20)6-7-17/h2-5,12H,6,8-11H2,1H3. The zero-order chi connectivity index (χ0) is 14.5. The van der Waals surface area contributed by atoms with Gasteiger partial charge in [-0.3, -0.25) is 9.69 Å². The summed E-state index contributed by atoms with van der Waals surface area (Å²) in [7, 11) is 0. The summed E-state index contributed by atoms with van der Waals surface area (Å²) >= 11 is 3.44. The molecule has 1 aliphatic heterocycles. The summed E-state index contributed by atoms with van der Waals surface area (Å²) in [6, 6.07) is 10.6. The molecule has 1 aromatic rings. The minimum absolute atomic E-state index is 0.0116. The fourth-order valence-electron chi connectivity index (χ4n) is 2.49. The third-order valence-corrected chi connectivity index (χ3v) is 4.33. The topological polar surface area (TPSA) is 47.3 Å². The predicted octanol–water partition coefficient (Wildman–Crippen LogP) is 2.57. The predicted molar refractivity (Wildman–Crippen MR) is 80.9 cm³/mol. The van der Waals surface area contributed by atoms with Gasteiger partial charge in [-0.05, 0) is 24.6 Å². The van der Waals surface area contributed by atoms with Gasteiger partial charge in [0, 0.05) is 36.7 Å². The molecule has 1 fully saturated rings. The molecule has 1 heterocycles. The van der Waals surface area contributed by atoms with Gasteiger partial charge in [-0.25, -0.2) is 0 Å². The Bertz CT molecular complexity index is 501. The molecule has 1 amide bonds. The maximum atomic E-state index is 11.7. The first kappa shape index (κ1) is 15.0. The van der Waals surface area contributed by atoms with E-state index in [9.17, 15) is 4.79 Å². The van der Waals surface area contributed by atoms with E-state index in [0.29, 0.717) is 19.1 Å². The third-order valence-electron chi connectivity index (χ3n) is 3.80. The summed E-state index contributed by atoms with van der Waals surface area (Å²) in [5, 5.41) is 8.57. The van der Waals surface area contributed by atoms with E-state index in [2.05, 4.69) is 52.0 Å². The molecule has 1 aliphatic rings. The summed E-state index contributed by atoms with van der Waals surface area (Å²) in [4.78, 5) is 15.8. The summed E-state index contributed by atoms with van der Waals surface area (Å²) < 4.78 is 1.08. The Balaban J connectivity index is 1.92. The summed E-state index contributed by atoms with van der Waals surface area (Å²) in [5.74, 6) is -0.0524. The Morgan fingerprint density at radius 3 is 2.45 bits per heavy atom. The molecule has 1 aromatic carbocycles. The van der Waals surface area contributed by atoms with Crippen molar-refractivity contribution in [2.24, 2.45) is 0 Å². The van der Waals surface area contributed by atoms with Gasteiger partial charge in [0.25, 0.3) is 0 Å². The molecule has 1 atom stereocenters. The normalized spacial score (nSPS) is 17.6. The molecule has 0 saturated carbocycles. The van der Waals surface area contributed by atoms with Gasteiger partial charge in [0.15, 0.2) is 0 Å². The molecule has 2 rings (SSSR count). The van der Waals surface area contributed by atoms with E-state index in [-0.39, 0.29) is 12.3 Å². The highest BCUT2D eigenvalue weighted by molar-refractivity contribution is 9.10. The first-order chi connectivity index (χ1) is 9.61. The van der Waals surface area contributed by atoms with E-state index >= 15 is 0 Å². The van der Waals surface area contributed by atoms with E-state index in [0.717, 1.165) is 17.6 Å². The first-order valence-corrected chi connectivity index (χ1v) is 7.55. The summed E-state index contributed by atoms with van der Waals surface area (Å²) in [6.45, 7) is 5.32. The van der Waals surface area contributed by atoms with Crippen LogP contribution in [-0.2, 0) is 4.79 Å². The van der Waals surface area contributed by atoms with E-state index in [1.165, 1.54) is 5.56 Å². The minimum atomic E-state index is -0.0524. The molecule has 0 radical (unpaired) electrons. The van der Waals surface area contributed by atoms with Crippen LogP contribution >= 0.6 is 15.9 Å². The van der Waals surface area contributed by atoms with Crippen LogP contribution in [0.3, 0.4) is 0 Å². The van der Waals surface area contributed by atoms with E-state index in [1.54, 1.807) is 4.90 Å². The van der Waals surface area contributed by atoms with Gasteiger partial charge >= 0.3 is 0 Å². The molecular formula is C15H18BrN3O. The number of hydrogen-bond donors (Lipinski definition) is 0. The number of carbonyl (C=O) groups excluding carboxylic acids is 1. The Morgan fingerprint density at radius 1 is 1.30 bits per heavy atom. The van der Waals surface area contributed by atoms with Crippen LogP contribution in [-0.4, -0.2) is 41.9 Å². The van der Waals surface area contributed by atoms with Crippen LogP contribution in [0.15, 0.2) is 28.7 Å². The molecule has 4 nitrogen and oxygen atoms in total. The second-order valence-electron chi connectivity index (χ2n) is 4.98. The van der Waals surface area contributed by atoms with Crippen molar-refractivity contribution in [3.8, 4) is 6.07 Å². The highest BCUT2D eigenvalue weighted by atomic mass is 79.9. The number of benzene rings is 1. The molecule has 5 heteroatoms. The van der Waals surface area contributed by atoms with Gasteiger partial charge < -0.3 is 4.90 Å². The highest BCUT2D eigenvalue weighted by Crippen LogP contribution is 2.23. The van der Waals surface area contributed by atoms with Crippen molar-refractivity contribution in [1.82, 2.24) is 9.80 Å². The van der Waals surface area contributed by atoms with Crippen LogP contribution in [0.25, 0.3) is 0 Å². The Labute approximate surface area is 128 Å². The van der Waals surface area contributed by atoms with Gasteiger partial charge in [-0.2, -0.15) is 5.26 Å². The number of hydrogen-bond acceptors (Lipinski definition) is 3. The van der Waals surface area contributed by atoms with Crippen molar-refractivity contribution in [1.29, 1.82) is 5.26 Å². The lowest BCUT2D eigenvalue weighted by Gasteiger charge is -2.38. The minimum Gasteiger partial charge on any atom is -0.339 e. The number of piperazine rings is 1. The van der Waals surface area contributed by atoms with E-state index in [1.807, 2.05) is 6.07 Å². The number of rotatable bonds is 3. The fourth-order valence-corrected chi connectivity index (χ4v) is 2.75. The Hall–Kier alpha value is -1.38. The second-order valence-corrected chi connectivity index (χ2v) is 5.89. The quantitative estimate of drug-likeness (QED) is 0.852. The van der Waals surface area contributed by atoms with Crippen molar-refractivity contribution in [3.63, 3.8) is 0 Å². The molecule has 1 saturated heterocycles. The third kappa shape index (κ3) is 3.59. The van der Waals surface area contributed by atoms with Crippen LogP contribution in [0, 0.1) is 11.3 Å². The van der Waals surface area contributed by atoms with Crippen LogP contribution in [0.1, 0.15) is 24.9 Å². The summed E-state index contributed by atoms with van der Waals surface area (Å²) in [5.41, 5.74) is 1.28. The lowest BCUT2D eigenvalue weighted by Crippen LogP contribution is -2.49. The summed E-state index contributed by atoms with van der Waals surface area (Å²) in [6.07, 6.45) is -0.0116. The van der Waals surface area contributed by atoms with Crippen molar-refractivity contribution < 1.29 is 4.79 Å². The Kier molecular flexibility index (Phi) is 5.16. The first-order valence-electron chi connectivity index (χ1n) is 6.76. The lowest BCUT2D eigenvalue weighted by atomic mass is 10.1. The van der Waals surface area contributed by atoms with Crippen LogP contribution in [0.2, 0.25) is 0 Å². The molecule has 0 aromatic heterocycles. The average Bonchev–Trinajstić information content (AvgIpc) is 2.48. The van der Waals surface area contributed by atoms with Crippen molar-refractivity contribution in [2.45, 2.75) is 19.4 Å². The Morgan fingerprint density at radius 2 is 1.90 bits per heavy atom. The number of amides is 1. The zero-order valence-corrected chi connectivity index (χ0v) is 13.1. The monoisotopic (exact) mass is 335 g/mol. The molecule has 106 valence electrons. The SMILES string of the molecule is CC(c1ccc(Br)cc1)N1CCN(C(=O)CC#N)CC1. The molecule has 1 unspecified atom stereocenters. The van der Waals surface area contributed by atoms with E-state index < -0.39 is 0 Å². The largest absolute Gasteiger partial charge is 0.339 e. The zero-order valence-electron chi connectivity index (χ0n) is 11.6. The van der Waals surface area contributed by atoms with Gasteiger partial charge in [0.05, 0.1) is 6.07 Å². The van der Waals surface area contributed by atoms with Crippen molar-refractivity contribution in [2.75, 3.05) is 26.2 Å².